The van der Waals surface area contributed by atoms with Crippen LogP contribution in [0.25, 0.3) is 0 Å². The average Bonchev–Trinajstić information content (AvgIpc) is 3.43. The van der Waals surface area contributed by atoms with Crippen molar-refractivity contribution in [2.75, 3.05) is 10.6 Å². The maximum Gasteiger partial charge on any atom is 0.255 e. The molecule has 3 aromatic carbocycles. The molecule has 5 atom stereocenters. The molecule has 31 heavy (non-hydrogen) atoms. The Hall–Kier alpha value is -2.59. The van der Waals surface area contributed by atoms with Gasteiger partial charge in [0, 0.05) is 21.4 Å². The molecule has 1 amide bonds. The summed E-state index contributed by atoms with van der Waals surface area (Å²) in [4.78, 5) is 13.0. The van der Waals surface area contributed by atoms with Crippen LogP contribution < -0.4 is 10.6 Å². The van der Waals surface area contributed by atoms with Crippen molar-refractivity contribution >= 4 is 33.2 Å². The molecule has 2 N–H and O–H groups in total. The van der Waals surface area contributed by atoms with E-state index in [1.54, 1.807) is 0 Å². The Morgan fingerprint density at radius 3 is 2.52 bits per heavy atom. The molecule has 0 radical (unpaired) electrons. The van der Waals surface area contributed by atoms with E-state index in [0.717, 1.165) is 27.6 Å². The zero-order valence-electron chi connectivity index (χ0n) is 17.2. The van der Waals surface area contributed by atoms with E-state index in [2.05, 4.69) is 69.0 Å². The third-order valence-electron chi connectivity index (χ3n) is 7.61. The lowest BCUT2D eigenvalue weighted by molar-refractivity contribution is 0.102. The highest BCUT2D eigenvalue weighted by Gasteiger charge is 2.53. The molecule has 0 unspecified atom stereocenters. The minimum atomic E-state index is -0.0463. The zero-order chi connectivity index (χ0) is 20.9. The van der Waals surface area contributed by atoms with Crippen molar-refractivity contribution in [3.63, 3.8) is 0 Å². The van der Waals surface area contributed by atoms with Gasteiger partial charge in [0.05, 0.1) is 6.04 Å². The summed E-state index contributed by atoms with van der Waals surface area (Å²) in [7, 11) is 0. The Kier molecular flexibility index (Phi) is 4.64. The van der Waals surface area contributed by atoms with Gasteiger partial charge < -0.3 is 10.6 Å². The van der Waals surface area contributed by atoms with E-state index < -0.39 is 0 Å². The van der Waals surface area contributed by atoms with Gasteiger partial charge in [-0.2, -0.15) is 0 Å². The van der Waals surface area contributed by atoms with Gasteiger partial charge in [-0.25, -0.2) is 0 Å². The molecule has 4 heteroatoms. The van der Waals surface area contributed by atoms with E-state index in [1.165, 1.54) is 36.1 Å². The molecule has 1 heterocycles. The molecular weight excluding hydrogens is 448 g/mol. The normalized spacial score (nSPS) is 27.8. The van der Waals surface area contributed by atoms with Crippen LogP contribution in [0.15, 0.2) is 77.3 Å². The fourth-order valence-corrected chi connectivity index (χ4v) is 6.62. The lowest BCUT2D eigenvalue weighted by Crippen LogP contribution is -2.35. The highest BCUT2D eigenvalue weighted by atomic mass is 79.9. The second-order valence-corrected chi connectivity index (χ2v) is 10.1. The van der Waals surface area contributed by atoms with Crippen molar-refractivity contribution in [3.05, 3.63) is 94.0 Å². The van der Waals surface area contributed by atoms with Gasteiger partial charge in [-0.3, -0.25) is 4.79 Å². The molecule has 0 spiro atoms. The summed E-state index contributed by atoms with van der Waals surface area (Å²) in [6, 6.07) is 25.2. The van der Waals surface area contributed by atoms with Crippen molar-refractivity contribution < 1.29 is 4.79 Å². The number of halogens is 1. The highest BCUT2D eigenvalue weighted by Crippen LogP contribution is 2.63. The zero-order valence-corrected chi connectivity index (χ0v) is 18.8. The topological polar surface area (TPSA) is 41.1 Å². The number of rotatable bonds is 3. The van der Waals surface area contributed by atoms with Gasteiger partial charge in [0.15, 0.2) is 0 Å². The first-order chi connectivity index (χ1) is 15.2. The third-order valence-corrected chi connectivity index (χ3v) is 8.14. The molecule has 0 saturated heterocycles. The number of hydrogen-bond acceptors (Lipinski definition) is 2. The van der Waals surface area contributed by atoms with Gasteiger partial charge in [0.1, 0.15) is 0 Å². The summed E-state index contributed by atoms with van der Waals surface area (Å²) in [6.45, 7) is 0. The quantitative estimate of drug-likeness (QED) is 0.430. The van der Waals surface area contributed by atoms with E-state index in [4.69, 9.17) is 0 Å². The van der Waals surface area contributed by atoms with Gasteiger partial charge >= 0.3 is 0 Å². The molecule has 3 nitrogen and oxygen atoms in total. The SMILES string of the molecule is O=C(Nc1ccc(Br)cc1)c1ccc2c(c1)[C@@H]1[C@H]3CC[C@@H](C3)[C@@H]1[C@@H](c1ccccc1)N2. The van der Waals surface area contributed by atoms with Crippen LogP contribution in [-0.2, 0) is 0 Å². The summed E-state index contributed by atoms with van der Waals surface area (Å²) < 4.78 is 1.00. The van der Waals surface area contributed by atoms with Gasteiger partial charge in [0.2, 0.25) is 0 Å². The molecule has 1 aliphatic heterocycles. The van der Waals surface area contributed by atoms with E-state index in [-0.39, 0.29) is 5.91 Å². The molecule has 3 aromatic rings. The number of hydrogen-bond donors (Lipinski definition) is 2. The monoisotopic (exact) mass is 472 g/mol. The van der Waals surface area contributed by atoms with Gasteiger partial charge in [-0.05, 0) is 96.5 Å². The van der Waals surface area contributed by atoms with E-state index >= 15 is 0 Å². The second-order valence-electron chi connectivity index (χ2n) is 9.23. The molecule has 0 aromatic heterocycles. The van der Waals surface area contributed by atoms with Crippen LogP contribution in [-0.4, -0.2) is 5.91 Å². The minimum absolute atomic E-state index is 0.0463. The highest BCUT2D eigenvalue weighted by molar-refractivity contribution is 9.10. The predicted octanol–water partition coefficient (Wildman–Crippen LogP) is 7.00. The van der Waals surface area contributed by atoms with Crippen molar-refractivity contribution in [1.29, 1.82) is 0 Å². The number of carbonyl (C=O) groups is 1. The summed E-state index contributed by atoms with van der Waals surface area (Å²) in [5, 5.41) is 6.90. The van der Waals surface area contributed by atoms with Crippen molar-refractivity contribution in [1.82, 2.24) is 0 Å². The number of fused-ring (bicyclic) bond motifs is 7. The molecule has 2 bridgehead atoms. The molecule has 2 saturated carbocycles. The van der Waals surface area contributed by atoms with Crippen molar-refractivity contribution in [2.24, 2.45) is 17.8 Å². The second kappa shape index (κ2) is 7.52. The van der Waals surface area contributed by atoms with Gasteiger partial charge in [0.25, 0.3) is 5.91 Å². The van der Waals surface area contributed by atoms with E-state index in [9.17, 15) is 4.79 Å². The number of carbonyl (C=O) groups excluding carboxylic acids is 1. The Balaban J connectivity index is 1.34. The van der Waals surface area contributed by atoms with Gasteiger partial charge in [-0.15, -0.1) is 0 Å². The van der Waals surface area contributed by atoms with Crippen LogP contribution in [0, 0.1) is 17.8 Å². The smallest absolute Gasteiger partial charge is 0.255 e. The fourth-order valence-electron chi connectivity index (χ4n) is 6.35. The molecule has 3 aliphatic rings. The Morgan fingerprint density at radius 1 is 0.935 bits per heavy atom. The van der Waals surface area contributed by atoms with Crippen LogP contribution in [0.1, 0.15) is 52.7 Å². The summed E-state index contributed by atoms with van der Waals surface area (Å²) >= 11 is 3.44. The molecule has 2 fully saturated rings. The lowest BCUT2D eigenvalue weighted by Gasteiger charge is -2.43. The fraction of sp³-hybridized carbons (Fsp3) is 0.296. The maximum absolute atomic E-state index is 13.0. The Labute approximate surface area is 191 Å². The van der Waals surface area contributed by atoms with Crippen LogP contribution in [0.2, 0.25) is 0 Å². The number of amides is 1. The third kappa shape index (κ3) is 3.28. The summed E-state index contributed by atoms with van der Waals surface area (Å²) in [6.07, 6.45) is 3.99. The predicted molar refractivity (Wildman–Crippen MR) is 128 cm³/mol. The largest absolute Gasteiger partial charge is 0.378 e. The van der Waals surface area contributed by atoms with Gasteiger partial charge in [-0.1, -0.05) is 46.3 Å². The minimum Gasteiger partial charge on any atom is -0.378 e. The Bertz CT molecular complexity index is 1130. The van der Waals surface area contributed by atoms with Crippen molar-refractivity contribution in [3.8, 4) is 0 Å². The number of benzene rings is 3. The lowest BCUT2D eigenvalue weighted by atomic mass is 9.68. The first-order valence-electron chi connectivity index (χ1n) is 11.2. The first-order valence-corrected chi connectivity index (χ1v) is 12.0. The number of anilines is 2. The van der Waals surface area contributed by atoms with Crippen molar-refractivity contribution in [2.45, 2.75) is 31.2 Å². The van der Waals surface area contributed by atoms with Crippen LogP contribution >= 0.6 is 15.9 Å². The molecular formula is C27H25BrN2O. The van der Waals surface area contributed by atoms with Crippen LogP contribution in [0.5, 0.6) is 0 Å². The summed E-state index contributed by atoms with van der Waals surface area (Å²) in [5.74, 6) is 2.63. The average molecular weight is 473 g/mol. The van der Waals surface area contributed by atoms with E-state index in [1.807, 2.05) is 30.3 Å². The first kappa shape index (κ1) is 19.1. The summed E-state index contributed by atoms with van der Waals surface area (Å²) in [5.41, 5.74) is 5.47. The van der Waals surface area contributed by atoms with E-state index in [0.29, 0.717) is 17.9 Å². The van der Waals surface area contributed by atoms with Crippen LogP contribution in [0.3, 0.4) is 0 Å². The Morgan fingerprint density at radius 2 is 1.71 bits per heavy atom. The number of nitrogens with one attached hydrogen (secondary N) is 2. The molecule has 2 aliphatic carbocycles. The van der Waals surface area contributed by atoms with Crippen LogP contribution in [0.4, 0.5) is 11.4 Å². The molecule has 6 rings (SSSR count). The maximum atomic E-state index is 13.0. The molecule has 156 valence electrons. The standard InChI is InChI=1S/C27H25BrN2O/c28-20-9-11-21(12-10-20)29-27(31)19-8-13-23-22(15-19)24-17-6-7-18(14-17)25(24)26(30-23)16-4-2-1-3-5-16/h1-5,8-13,15,17-18,24-26,30H,6-7,14H2,(H,29,31)/t17-,18-,24-,25-,26+/m0/s1.